The van der Waals surface area contributed by atoms with Gasteiger partial charge in [-0.25, -0.2) is 5.43 Å². The number of nitrogens with one attached hydrogen (secondary N) is 6. The van der Waals surface area contributed by atoms with Gasteiger partial charge in [-0.05, 0) is 71.7 Å². The summed E-state index contributed by atoms with van der Waals surface area (Å²) < 4.78 is 7.36. The number of hydrazone groups is 2. The van der Waals surface area contributed by atoms with Gasteiger partial charge in [-0.2, -0.15) is 14.9 Å². The summed E-state index contributed by atoms with van der Waals surface area (Å²) in [6, 6.07) is 46.3. The average Bonchev–Trinajstić information content (AvgIpc) is 3.91. The molecule has 2 atom stereocenters. The number of hydrogen-bond acceptors (Lipinski definition) is 16. The number of hydrazine groups is 1. The van der Waals surface area contributed by atoms with Crippen LogP contribution in [-0.2, 0) is 0 Å². The topological polar surface area (TPSA) is 186 Å². The second kappa shape index (κ2) is 15.9. The van der Waals surface area contributed by atoms with Gasteiger partial charge in [0.15, 0.2) is 17.7 Å². The van der Waals surface area contributed by atoms with Crippen LogP contribution in [-0.4, -0.2) is 67.4 Å². The lowest BCUT2D eigenvalue weighted by Gasteiger charge is -2.30. The van der Waals surface area contributed by atoms with Crippen molar-refractivity contribution in [2.75, 3.05) is 28.4 Å². The van der Waals surface area contributed by atoms with E-state index >= 15 is 0 Å². The van der Waals surface area contributed by atoms with Gasteiger partial charge in [-0.1, -0.05) is 72.8 Å². The third kappa shape index (κ3) is 7.45. The minimum absolute atomic E-state index is 0.0254. The molecule has 300 valence electrons. The summed E-state index contributed by atoms with van der Waals surface area (Å²) in [7, 11) is 1.51. The fourth-order valence-corrected chi connectivity index (χ4v) is 7.10. The van der Waals surface area contributed by atoms with Gasteiger partial charge in [0.1, 0.15) is 5.69 Å². The summed E-state index contributed by atoms with van der Waals surface area (Å²) in [6.07, 6.45) is 2.59. The number of phenolic OH excluding ortho intramolecular Hbond substituents is 1. The molecule has 17 nitrogen and oxygen atoms in total. The molecule has 4 aliphatic heterocycles. The summed E-state index contributed by atoms with van der Waals surface area (Å²) in [5.41, 5.74) is 12.5. The van der Waals surface area contributed by atoms with E-state index in [9.17, 15) is 5.11 Å². The van der Waals surface area contributed by atoms with Crippen molar-refractivity contribution in [1.29, 1.82) is 0 Å². The minimum Gasteiger partial charge on any atom is -0.504 e. The maximum absolute atomic E-state index is 10.4. The molecule has 4 aliphatic rings. The van der Waals surface area contributed by atoms with Crippen LogP contribution in [0, 0.1) is 0 Å². The SMILES string of the molecule is COc1cc(C2NN=C3N=C(Nc4ccccc4)N=C(Nc4cccc([N+]5=C6N=C(Nc7ccccc7)N=C(Nc7ccccc7)N6C(c6cccnc6)N5)c4)N32)ccc1O. The van der Waals surface area contributed by atoms with Crippen molar-refractivity contribution < 1.29 is 14.5 Å². The molecule has 0 aliphatic carbocycles. The molecule has 0 spiro atoms. The second-order valence-corrected chi connectivity index (χ2v) is 14.0. The molecular formula is C44H38N15O2+. The normalized spacial score (nSPS) is 17.6. The predicted molar refractivity (Wildman–Crippen MR) is 237 cm³/mol. The van der Waals surface area contributed by atoms with Gasteiger partial charge in [-0.15, -0.1) is 14.8 Å². The standard InChI is InChI=1S/C44H37N15O2/c1-61-36-25-28(22-23-35(36)60)37-54-55-43-52-39(46-30-14-5-2-6-15-30)50-41(57(37)43)49-33-20-11-21-34(26-33)59-44-53-40(47-31-16-7-3-8-17-31)51-42(48-32-18-9-4-10-19-32)58(44)38(56-59)29-13-12-24-45-27-29/h2-27,37-38,54,56H,1H3,(H4,46,47,48,49,50,51,52,55,60)/p+1. The number of fused-ring (bicyclic) bond motifs is 2. The number of aromatic nitrogens is 1. The van der Waals surface area contributed by atoms with Gasteiger partial charge < -0.3 is 31.1 Å². The van der Waals surface area contributed by atoms with Crippen LogP contribution in [0.25, 0.3) is 0 Å². The molecule has 0 fully saturated rings. The summed E-state index contributed by atoms with van der Waals surface area (Å²) in [5.74, 6) is 3.01. The molecule has 0 amide bonds. The molecule has 6 aromatic rings. The molecule has 1 aromatic heterocycles. The highest BCUT2D eigenvalue weighted by Gasteiger charge is 2.47. The highest BCUT2D eigenvalue weighted by molar-refractivity contribution is 6.20. The Morgan fingerprint density at radius 2 is 1.25 bits per heavy atom. The van der Waals surface area contributed by atoms with E-state index in [0.717, 1.165) is 33.9 Å². The summed E-state index contributed by atoms with van der Waals surface area (Å²) in [6.45, 7) is 0. The first kappa shape index (κ1) is 36.6. The van der Waals surface area contributed by atoms with Crippen LogP contribution in [0.5, 0.6) is 11.5 Å². The molecule has 0 saturated heterocycles. The number of nitrogens with zero attached hydrogens (tertiary/aromatic N) is 9. The van der Waals surface area contributed by atoms with E-state index in [1.165, 1.54) is 7.11 Å². The van der Waals surface area contributed by atoms with Gasteiger partial charge in [0.25, 0.3) is 11.9 Å². The molecule has 10 rings (SSSR count). The average molecular weight is 809 g/mol. The van der Waals surface area contributed by atoms with Gasteiger partial charge in [0.05, 0.1) is 7.11 Å². The Kier molecular flexibility index (Phi) is 9.54. The third-order valence-corrected chi connectivity index (χ3v) is 9.95. The maximum atomic E-state index is 10.4. The summed E-state index contributed by atoms with van der Waals surface area (Å²) >= 11 is 0. The van der Waals surface area contributed by atoms with Crippen LogP contribution >= 0.6 is 0 Å². The summed E-state index contributed by atoms with van der Waals surface area (Å²) in [5, 5.41) is 28.7. The van der Waals surface area contributed by atoms with Crippen LogP contribution < -0.4 is 36.9 Å². The number of ether oxygens (including phenoxy) is 1. The van der Waals surface area contributed by atoms with Gasteiger partial charge in [0.2, 0.25) is 18.1 Å². The van der Waals surface area contributed by atoms with E-state index in [2.05, 4.69) is 42.2 Å². The molecule has 17 heteroatoms. The number of benzene rings is 5. The van der Waals surface area contributed by atoms with Crippen LogP contribution in [0.3, 0.4) is 0 Å². The largest absolute Gasteiger partial charge is 0.504 e. The van der Waals surface area contributed by atoms with Crippen molar-refractivity contribution in [1.82, 2.24) is 25.6 Å². The molecule has 0 bridgehead atoms. The van der Waals surface area contributed by atoms with E-state index in [-0.39, 0.29) is 5.75 Å². The molecule has 2 unspecified atom stereocenters. The monoisotopic (exact) mass is 808 g/mol. The zero-order valence-corrected chi connectivity index (χ0v) is 32.5. The number of hydrogen-bond donors (Lipinski definition) is 7. The van der Waals surface area contributed by atoms with Crippen LogP contribution in [0.4, 0.5) is 28.4 Å². The molecular weight excluding hydrogens is 771 g/mol. The Balaban J connectivity index is 1.04. The fraction of sp³-hybridized carbons (Fsp3) is 0.0682. The maximum Gasteiger partial charge on any atom is 0.429 e. The highest BCUT2D eigenvalue weighted by Crippen LogP contribution is 2.35. The first-order valence-corrected chi connectivity index (χ1v) is 19.4. The van der Waals surface area contributed by atoms with Crippen LogP contribution in [0.15, 0.2) is 183 Å². The first-order chi connectivity index (χ1) is 30.1. The van der Waals surface area contributed by atoms with Crippen molar-refractivity contribution in [3.63, 3.8) is 0 Å². The number of aliphatic imine (C=N–C) groups is 4. The van der Waals surface area contributed by atoms with Crippen LogP contribution in [0.2, 0.25) is 0 Å². The number of guanidine groups is 6. The molecule has 0 saturated carbocycles. The lowest BCUT2D eigenvalue weighted by molar-refractivity contribution is -0.504. The number of phenols is 1. The van der Waals surface area contributed by atoms with E-state index in [0.29, 0.717) is 47.2 Å². The summed E-state index contributed by atoms with van der Waals surface area (Å²) in [4.78, 5) is 28.1. The zero-order chi connectivity index (χ0) is 41.1. The van der Waals surface area contributed by atoms with Gasteiger partial charge in [-0.3, -0.25) is 15.3 Å². The molecule has 5 heterocycles. The van der Waals surface area contributed by atoms with Gasteiger partial charge >= 0.3 is 11.9 Å². The Hall–Kier alpha value is -8.73. The van der Waals surface area contributed by atoms with E-state index in [1.54, 1.807) is 24.4 Å². The van der Waals surface area contributed by atoms with Crippen molar-refractivity contribution in [2.45, 2.75) is 12.3 Å². The van der Waals surface area contributed by atoms with Crippen molar-refractivity contribution in [3.8, 4) is 11.5 Å². The van der Waals surface area contributed by atoms with Crippen molar-refractivity contribution in [2.24, 2.45) is 25.1 Å². The molecule has 7 N–H and O–H groups in total. The number of rotatable bonds is 8. The second-order valence-electron chi connectivity index (χ2n) is 14.0. The third-order valence-electron chi connectivity index (χ3n) is 9.95. The van der Waals surface area contributed by atoms with E-state index in [1.807, 2.05) is 148 Å². The highest BCUT2D eigenvalue weighted by atomic mass is 16.5. The number of para-hydroxylation sites is 3. The number of anilines is 4. The van der Waals surface area contributed by atoms with Gasteiger partial charge in [0, 0.05) is 52.3 Å². The molecule has 61 heavy (non-hydrogen) atoms. The first-order valence-electron chi connectivity index (χ1n) is 19.4. The van der Waals surface area contributed by atoms with Crippen molar-refractivity contribution >= 4 is 64.2 Å². The van der Waals surface area contributed by atoms with E-state index < -0.39 is 12.3 Å². The predicted octanol–water partition coefficient (Wildman–Crippen LogP) is 6.39. The smallest absolute Gasteiger partial charge is 0.429 e. The van der Waals surface area contributed by atoms with E-state index in [4.69, 9.17) is 24.7 Å². The van der Waals surface area contributed by atoms with Crippen molar-refractivity contribution in [3.05, 3.63) is 169 Å². The lowest BCUT2D eigenvalue weighted by atomic mass is 10.1. The number of methoxy groups -OCH3 is 1. The zero-order valence-electron chi connectivity index (χ0n) is 32.5. The lowest BCUT2D eigenvalue weighted by Crippen LogP contribution is -2.45. The van der Waals surface area contributed by atoms with Crippen LogP contribution in [0.1, 0.15) is 23.5 Å². The quantitative estimate of drug-likeness (QED) is 0.0846. The Labute approximate surface area is 349 Å². The molecule has 0 radical (unpaired) electrons. The Bertz CT molecular complexity index is 2780. The number of pyridine rings is 1. The Morgan fingerprint density at radius 1 is 0.607 bits per heavy atom. The number of aromatic hydroxyl groups is 1. The molecule has 5 aromatic carbocycles. The Morgan fingerprint density at radius 3 is 1.92 bits per heavy atom. The minimum atomic E-state index is -0.535. The fourth-order valence-electron chi connectivity index (χ4n) is 7.10.